The Morgan fingerprint density at radius 2 is 0.525 bits per heavy atom. The molecule has 0 atom stereocenters. The van der Waals surface area contributed by atoms with Crippen molar-refractivity contribution >= 4 is 18.7 Å². The molecule has 3 aromatic rings. The number of hydrogen-bond donors (Lipinski definition) is 0. The molecular weight excluding hydrogens is 801 g/mol. The van der Waals surface area contributed by atoms with Crippen molar-refractivity contribution in [2.24, 2.45) is 0 Å². The number of hydrogen-bond acceptors (Lipinski definition) is 13. The van der Waals surface area contributed by atoms with Crippen molar-refractivity contribution in [1.82, 2.24) is 0 Å². The standard InChI is InChI=1S/C47H74O13Si/c1-47(2,3)61(45-15-9-5-10-16-45,46-17-11-6-12-18-46)60-42-41-58-38-37-56-34-33-54-30-29-52-26-25-50-22-21-48-19-20-49-23-24-51-27-28-53-31-32-55-35-36-57-39-40-59-43-44-13-7-4-8-14-44/h4-18H,19-43H2,1-3H3. The molecule has 0 aliphatic heterocycles. The molecule has 0 heterocycles. The number of ether oxygens (including phenoxy) is 12. The lowest BCUT2D eigenvalue weighted by molar-refractivity contribution is -0.0287. The van der Waals surface area contributed by atoms with Gasteiger partial charge in [0.25, 0.3) is 8.32 Å². The molecule has 0 unspecified atom stereocenters. The number of rotatable bonds is 41. The SMILES string of the molecule is CC(C)(C)[Si](OCCOCCOCCOCCOCCOCCOCCOCCOCCOCCOCCOCCOCc1ccccc1)(c1ccccc1)c1ccccc1. The molecule has 13 nitrogen and oxygen atoms in total. The van der Waals surface area contributed by atoms with Gasteiger partial charge in [-0.25, -0.2) is 0 Å². The summed E-state index contributed by atoms with van der Waals surface area (Å²) < 4.78 is 73.8. The lowest BCUT2D eigenvalue weighted by Gasteiger charge is -2.43. The van der Waals surface area contributed by atoms with Crippen LogP contribution in [0.1, 0.15) is 26.3 Å². The maximum absolute atomic E-state index is 6.86. The van der Waals surface area contributed by atoms with E-state index in [0.29, 0.717) is 165 Å². The molecule has 0 saturated carbocycles. The van der Waals surface area contributed by atoms with Crippen LogP contribution in [0.25, 0.3) is 0 Å². The predicted molar refractivity (Wildman–Crippen MR) is 239 cm³/mol. The highest BCUT2D eigenvalue weighted by Crippen LogP contribution is 2.36. The van der Waals surface area contributed by atoms with Crippen LogP contribution in [0.3, 0.4) is 0 Å². The molecule has 344 valence electrons. The van der Waals surface area contributed by atoms with Gasteiger partial charge in [-0.2, -0.15) is 0 Å². The Kier molecular flexibility index (Phi) is 30.9. The van der Waals surface area contributed by atoms with Crippen LogP contribution in [-0.4, -0.2) is 167 Å². The molecule has 3 aromatic carbocycles. The average Bonchev–Trinajstić information content (AvgIpc) is 3.28. The fourth-order valence-electron chi connectivity index (χ4n) is 6.20. The van der Waals surface area contributed by atoms with Crippen molar-refractivity contribution in [3.05, 3.63) is 96.6 Å². The summed E-state index contributed by atoms with van der Waals surface area (Å²) in [5.74, 6) is 0. The Hall–Kier alpha value is -2.64. The highest BCUT2D eigenvalue weighted by atomic mass is 28.4. The highest BCUT2D eigenvalue weighted by molar-refractivity contribution is 6.99. The van der Waals surface area contributed by atoms with Gasteiger partial charge >= 0.3 is 0 Å². The van der Waals surface area contributed by atoms with E-state index in [1.807, 2.05) is 30.3 Å². The molecule has 0 bridgehead atoms. The van der Waals surface area contributed by atoms with Crippen molar-refractivity contribution in [3.8, 4) is 0 Å². The molecule has 61 heavy (non-hydrogen) atoms. The third-order valence-electron chi connectivity index (χ3n) is 9.17. The first-order chi connectivity index (χ1) is 30.0. The summed E-state index contributed by atoms with van der Waals surface area (Å²) in [5.41, 5.74) is 1.16. The molecule has 0 radical (unpaired) electrons. The van der Waals surface area contributed by atoms with Crippen LogP contribution in [0.5, 0.6) is 0 Å². The zero-order valence-electron chi connectivity index (χ0n) is 37.1. The monoisotopic (exact) mass is 874 g/mol. The molecular formula is C47H74O13Si. The highest BCUT2D eigenvalue weighted by Gasteiger charge is 2.50. The van der Waals surface area contributed by atoms with Crippen molar-refractivity contribution in [2.75, 3.05) is 159 Å². The van der Waals surface area contributed by atoms with E-state index in [1.165, 1.54) is 10.4 Å². The van der Waals surface area contributed by atoms with E-state index >= 15 is 0 Å². The lowest BCUT2D eigenvalue weighted by atomic mass is 10.2. The van der Waals surface area contributed by atoms with Gasteiger partial charge in [-0.1, -0.05) is 112 Å². The Bertz CT molecular complexity index is 1350. The van der Waals surface area contributed by atoms with E-state index in [-0.39, 0.29) is 5.04 Å². The summed E-state index contributed by atoms with van der Waals surface area (Å²) in [6.45, 7) is 19.7. The Morgan fingerprint density at radius 1 is 0.295 bits per heavy atom. The summed E-state index contributed by atoms with van der Waals surface area (Å²) in [4.78, 5) is 0. The van der Waals surface area contributed by atoms with Crippen LogP contribution in [0, 0.1) is 0 Å². The van der Waals surface area contributed by atoms with Gasteiger partial charge in [0.05, 0.1) is 165 Å². The van der Waals surface area contributed by atoms with Crippen LogP contribution in [0.4, 0.5) is 0 Å². The van der Waals surface area contributed by atoms with Crippen LogP contribution >= 0.6 is 0 Å². The van der Waals surface area contributed by atoms with E-state index in [4.69, 9.17) is 61.3 Å². The van der Waals surface area contributed by atoms with E-state index < -0.39 is 8.32 Å². The van der Waals surface area contributed by atoms with E-state index in [9.17, 15) is 0 Å². The van der Waals surface area contributed by atoms with Gasteiger partial charge in [-0.05, 0) is 21.0 Å². The molecule has 0 fully saturated rings. The normalized spacial score (nSPS) is 12.0. The molecule has 0 spiro atoms. The fraction of sp³-hybridized carbons (Fsp3) is 0.617. The van der Waals surface area contributed by atoms with Crippen LogP contribution in [-0.2, 0) is 67.9 Å². The minimum atomic E-state index is -2.54. The van der Waals surface area contributed by atoms with Crippen LogP contribution in [0.2, 0.25) is 5.04 Å². The maximum Gasteiger partial charge on any atom is 0.261 e. The van der Waals surface area contributed by atoms with Gasteiger partial charge in [0, 0.05) is 0 Å². The van der Waals surface area contributed by atoms with Gasteiger partial charge in [-0.15, -0.1) is 0 Å². The van der Waals surface area contributed by atoms with Crippen molar-refractivity contribution < 1.29 is 61.3 Å². The minimum absolute atomic E-state index is 0.0593. The third-order valence-corrected chi connectivity index (χ3v) is 14.2. The van der Waals surface area contributed by atoms with Crippen molar-refractivity contribution in [2.45, 2.75) is 32.4 Å². The maximum atomic E-state index is 6.86. The quantitative estimate of drug-likeness (QED) is 0.0565. The second-order valence-electron chi connectivity index (χ2n) is 14.8. The smallest absolute Gasteiger partial charge is 0.261 e. The first kappa shape index (κ1) is 52.7. The summed E-state index contributed by atoms with van der Waals surface area (Å²) in [6.07, 6.45) is 0. The number of benzene rings is 3. The Labute approximate surface area is 366 Å². The van der Waals surface area contributed by atoms with Crippen LogP contribution < -0.4 is 10.4 Å². The summed E-state index contributed by atoms with van der Waals surface area (Å²) in [7, 11) is -2.54. The molecule has 0 saturated heterocycles. The molecule has 0 aliphatic carbocycles. The van der Waals surface area contributed by atoms with Gasteiger partial charge in [0.15, 0.2) is 0 Å². The topological polar surface area (TPSA) is 120 Å². The van der Waals surface area contributed by atoms with Gasteiger partial charge in [0.2, 0.25) is 0 Å². The molecule has 14 heteroatoms. The summed E-state index contributed by atoms with van der Waals surface area (Å²) in [5, 5.41) is 2.47. The third kappa shape index (κ3) is 24.7. The van der Waals surface area contributed by atoms with E-state index in [0.717, 1.165) is 5.56 Å². The zero-order chi connectivity index (χ0) is 43.2. The predicted octanol–water partition coefficient (Wildman–Crippen LogP) is 4.96. The van der Waals surface area contributed by atoms with Gasteiger partial charge in [0.1, 0.15) is 0 Å². The molecule has 3 rings (SSSR count). The summed E-state index contributed by atoms with van der Waals surface area (Å²) >= 11 is 0. The first-order valence-corrected chi connectivity index (χ1v) is 23.7. The van der Waals surface area contributed by atoms with Gasteiger partial charge in [-0.3, -0.25) is 0 Å². The lowest BCUT2D eigenvalue weighted by Crippen LogP contribution is -2.66. The first-order valence-electron chi connectivity index (χ1n) is 21.8. The minimum Gasteiger partial charge on any atom is -0.405 e. The largest absolute Gasteiger partial charge is 0.405 e. The van der Waals surface area contributed by atoms with Crippen molar-refractivity contribution in [3.63, 3.8) is 0 Å². The van der Waals surface area contributed by atoms with Crippen molar-refractivity contribution in [1.29, 1.82) is 0 Å². The van der Waals surface area contributed by atoms with E-state index in [1.54, 1.807) is 0 Å². The van der Waals surface area contributed by atoms with E-state index in [2.05, 4.69) is 81.4 Å². The second kappa shape index (κ2) is 35.8. The van der Waals surface area contributed by atoms with Crippen LogP contribution in [0.15, 0.2) is 91.0 Å². The zero-order valence-corrected chi connectivity index (χ0v) is 38.1. The molecule has 0 amide bonds. The Morgan fingerprint density at radius 3 is 0.787 bits per heavy atom. The fourth-order valence-corrected chi connectivity index (χ4v) is 10.7. The average molecular weight is 875 g/mol. The van der Waals surface area contributed by atoms with Gasteiger partial charge < -0.3 is 61.3 Å². The summed E-state index contributed by atoms with van der Waals surface area (Å²) in [6, 6.07) is 31.4. The molecule has 0 aliphatic rings. The second-order valence-corrected chi connectivity index (χ2v) is 19.1. The molecule has 0 aromatic heterocycles. The Balaban J connectivity index is 0.969. The molecule has 0 N–H and O–H groups in total.